The Bertz CT molecular complexity index is 220. The van der Waals surface area contributed by atoms with E-state index >= 15 is 0 Å². The van der Waals surface area contributed by atoms with Crippen LogP contribution in [0.15, 0.2) is 0 Å². The second-order valence-corrected chi connectivity index (χ2v) is 3.55. The van der Waals surface area contributed by atoms with Gasteiger partial charge in [-0.2, -0.15) is 8.42 Å². The summed E-state index contributed by atoms with van der Waals surface area (Å²) in [5.74, 6) is 0. The number of hydrogen-bond donors (Lipinski definition) is 2. The van der Waals surface area contributed by atoms with Crippen LogP contribution in [0.5, 0.6) is 0 Å². The standard InChI is InChI=1S/C5H13NO5S/c1-3-5(6,4-7)11-12(8,9)10-2/h7H,3-4,6H2,1-2H3. The summed E-state index contributed by atoms with van der Waals surface area (Å²) < 4.78 is 29.7. The molecule has 74 valence electrons. The molecule has 0 aliphatic heterocycles. The van der Waals surface area contributed by atoms with Crippen LogP contribution in [0.3, 0.4) is 0 Å². The molecular weight excluding hydrogens is 186 g/mol. The first-order valence-corrected chi connectivity index (χ1v) is 4.63. The lowest BCUT2D eigenvalue weighted by Gasteiger charge is -2.23. The first kappa shape index (κ1) is 11.8. The van der Waals surface area contributed by atoms with Crippen molar-refractivity contribution < 1.29 is 21.9 Å². The smallest absolute Gasteiger partial charge is 0.392 e. The fraction of sp³-hybridized carbons (Fsp3) is 1.00. The van der Waals surface area contributed by atoms with Gasteiger partial charge in [-0.05, 0) is 6.42 Å². The fourth-order valence-electron chi connectivity index (χ4n) is 0.434. The lowest BCUT2D eigenvalue weighted by molar-refractivity contribution is 0.00528. The minimum Gasteiger partial charge on any atom is -0.392 e. The maximum absolute atomic E-state index is 10.7. The van der Waals surface area contributed by atoms with Crippen molar-refractivity contribution in [2.24, 2.45) is 5.73 Å². The third kappa shape index (κ3) is 3.46. The van der Waals surface area contributed by atoms with Gasteiger partial charge in [0.05, 0.1) is 13.7 Å². The third-order valence-corrected chi connectivity index (χ3v) is 2.28. The second-order valence-electron chi connectivity index (χ2n) is 2.23. The third-order valence-electron chi connectivity index (χ3n) is 1.34. The van der Waals surface area contributed by atoms with E-state index in [1.54, 1.807) is 6.92 Å². The van der Waals surface area contributed by atoms with Crippen LogP contribution >= 0.6 is 0 Å². The van der Waals surface area contributed by atoms with Crippen LogP contribution in [0, 0.1) is 0 Å². The van der Waals surface area contributed by atoms with E-state index in [0.29, 0.717) is 0 Å². The van der Waals surface area contributed by atoms with Crippen molar-refractivity contribution in [3.05, 3.63) is 0 Å². The van der Waals surface area contributed by atoms with Crippen LogP contribution in [0.4, 0.5) is 0 Å². The minimum absolute atomic E-state index is 0.159. The van der Waals surface area contributed by atoms with Crippen molar-refractivity contribution in [2.45, 2.75) is 19.1 Å². The van der Waals surface area contributed by atoms with Crippen molar-refractivity contribution in [2.75, 3.05) is 13.7 Å². The Labute approximate surface area is 71.6 Å². The molecule has 6 nitrogen and oxygen atoms in total. The van der Waals surface area contributed by atoms with Gasteiger partial charge in [-0.25, -0.2) is 4.18 Å². The Balaban J connectivity index is 4.42. The Morgan fingerprint density at radius 3 is 2.33 bits per heavy atom. The van der Waals surface area contributed by atoms with Gasteiger partial charge >= 0.3 is 10.4 Å². The Morgan fingerprint density at radius 2 is 2.08 bits per heavy atom. The van der Waals surface area contributed by atoms with Crippen molar-refractivity contribution in [1.29, 1.82) is 0 Å². The van der Waals surface area contributed by atoms with Crippen molar-refractivity contribution in [3.63, 3.8) is 0 Å². The molecule has 0 aromatic rings. The highest BCUT2D eigenvalue weighted by atomic mass is 32.3. The maximum atomic E-state index is 10.7. The van der Waals surface area contributed by atoms with Gasteiger partial charge in [0.1, 0.15) is 0 Å². The number of aliphatic hydroxyl groups is 1. The van der Waals surface area contributed by atoms with E-state index in [4.69, 9.17) is 10.8 Å². The number of hydrogen-bond acceptors (Lipinski definition) is 6. The highest BCUT2D eigenvalue weighted by Crippen LogP contribution is 2.11. The molecular formula is C5H13NO5S. The second kappa shape index (κ2) is 4.15. The summed E-state index contributed by atoms with van der Waals surface area (Å²) >= 11 is 0. The monoisotopic (exact) mass is 199 g/mol. The predicted molar refractivity (Wildman–Crippen MR) is 41.3 cm³/mol. The van der Waals surface area contributed by atoms with Crippen molar-refractivity contribution in [1.82, 2.24) is 0 Å². The summed E-state index contributed by atoms with van der Waals surface area (Å²) in [6.07, 6.45) is 0.159. The van der Waals surface area contributed by atoms with E-state index in [1.165, 1.54) is 0 Å². The van der Waals surface area contributed by atoms with E-state index in [-0.39, 0.29) is 6.42 Å². The van der Waals surface area contributed by atoms with Crippen LogP contribution in [0.25, 0.3) is 0 Å². The Hall–Kier alpha value is -0.210. The summed E-state index contributed by atoms with van der Waals surface area (Å²) in [5, 5.41) is 8.67. The fourth-order valence-corrected chi connectivity index (χ4v) is 1.08. The normalized spacial score (nSPS) is 17.3. The first-order chi connectivity index (χ1) is 5.39. The van der Waals surface area contributed by atoms with Gasteiger partial charge in [0.15, 0.2) is 5.72 Å². The number of aliphatic hydroxyl groups excluding tert-OH is 1. The van der Waals surface area contributed by atoms with Gasteiger partial charge in [0.25, 0.3) is 0 Å². The summed E-state index contributed by atoms with van der Waals surface area (Å²) in [4.78, 5) is 0. The van der Waals surface area contributed by atoms with Gasteiger partial charge in [-0.3, -0.25) is 4.18 Å². The van der Waals surface area contributed by atoms with Gasteiger partial charge in [0.2, 0.25) is 0 Å². The Morgan fingerprint density at radius 1 is 1.58 bits per heavy atom. The molecule has 0 spiro atoms. The molecule has 0 aromatic heterocycles. The van der Waals surface area contributed by atoms with Gasteiger partial charge < -0.3 is 10.8 Å². The lowest BCUT2D eigenvalue weighted by atomic mass is 10.2. The van der Waals surface area contributed by atoms with Crippen molar-refractivity contribution in [3.8, 4) is 0 Å². The Kier molecular flexibility index (Phi) is 4.08. The zero-order valence-electron chi connectivity index (χ0n) is 6.98. The van der Waals surface area contributed by atoms with E-state index < -0.39 is 22.7 Å². The molecule has 0 fully saturated rings. The molecule has 1 atom stereocenters. The van der Waals surface area contributed by atoms with Crippen LogP contribution in [-0.2, 0) is 18.8 Å². The topological polar surface area (TPSA) is 98.9 Å². The average Bonchev–Trinajstić information content (AvgIpc) is 2.04. The van der Waals surface area contributed by atoms with Crippen LogP contribution in [0.2, 0.25) is 0 Å². The van der Waals surface area contributed by atoms with E-state index in [1.807, 2.05) is 0 Å². The lowest BCUT2D eigenvalue weighted by Crippen LogP contribution is -2.47. The molecule has 0 aliphatic rings. The quantitative estimate of drug-likeness (QED) is 0.548. The summed E-state index contributed by atoms with van der Waals surface area (Å²) in [6.45, 7) is 0.994. The molecule has 0 saturated carbocycles. The van der Waals surface area contributed by atoms with Crippen LogP contribution in [0.1, 0.15) is 13.3 Å². The number of nitrogens with two attached hydrogens (primary N) is 1. The van der Waals surface area contributed by atoms with Crippen LogP contribution in [-0.4, -0.2) is 33.0 Å². The zero-order valence-corrected chi connectivity index (χ0v) is 7.80. The summed E-state index contributed by atoms with van der Waals surface area (Å²) in [5.41, 5.74) is 3.74. The molecule has 1 unspecified atom stereocenters. The zero-order chi connectivity index (χ0) is 9.83. The molecule has 3 N–H and O–H groups in total. The van der Waals surface area contributed by atoms with Gasteiger partial charge in [-0.15, -0.1) is 0 Å². The molecule has 0 aromatic carbocycles. The molecule has 0 bridgehead atoms. The SMILES string of the molecule is CCC(N)(CO)OS(=O)(=O)OC. The molecule has 0 radical (unpaired) electrons. The summed E-state index contributed by atoms with van der Waals surface area (Å²) in [6, 6.07) is 0. The van der Waals surface area contributed by atoms with Crippen molar-refractivity contribution >= 4 is 10.4 Å². The predicted octanol–water partition coefficient (Wildman–Crippen LogP) is -1.05. The highest BCUT2D eigenvalue weighted by molar-refractivity contribution is 7.81. The molecule has 0 saturated heterocycles. The molecule has 0 aliphatic carbocycles. The first-order valence-electron chi connectivity index (χ1n) is 3.30. The van der Waals surface area contributed by atoms with E-state index in [0.717, 1.165) is 7.11 Å². The van der Waals surface area contributed by atoms with Gasteiger partial charge in [0, 0.05) is 0 Å². The molecule has 0 amide bonds. The van der Waals surface area contributed by atoms with Gasteiger partial charge in [-0.1, -0.05) is 6.92 Å². The summed E-state index contributed by atoms with van der Waals surface area (Å²) in [7, 11) is -3.14. The largest absolute Gasteiger partial charge is 0.401 e. The number of rotatable bonds is 5. The maximum Gasteiger partial charge on any atom is 0.401 e. The van der Waals surface area contributed by atoms with E-state index in [9.17, 15) is 8.42 Å². The minimum atomic E-state index is -4.09. The van der Waals surface area contributed by atoms with E-state index in [2.05, 4.69) is 8.37 Å². The molecule has 0 rings (SSSR count). The average molecular weight is 199 g/mol. The molecule has 12 heavy (non-hydrogen) atoms. The molecule has 0 heterocycles. The van der Waals surface area contributed by atoms with Crippen LogP contribution < -0.4 is 5.73 Å². The molecule has 7 heteroatoms. The highest BCUT2D eigenvalue weighted by Gasteiger charge is 2.29.